The van der Waals surface area contributed by atoms with Gasteiger partial charge in [-0.1, -0.05) is 18.2 Å². The van der Waals surface area contributed by atoms with E-state index in [4.69, 9.17) is 13.9 Å². The minimum Gasteiger partial charge on any atom is -0.493 e. The maximum atomic E-state index is 12.7. The number of para-hydroxylation sites is 2. The molecule has 0 bridgehead atoms. The van der Waals surface area contributed by atoms with Crippen LogP contribution in [0, 0.1) is 0 Å². The van der Waals surface area contributed by atoms with Gasteiger partial charge in [-0.2, -0.15) is 0 Å². The Balaban J connectivity index is 1.69. The molecule has 2 heterocycles. The van der Waals surface area contributed by atoms with E-state index in [0.717, 1.165) is 5.56 Å². The molecule has 0 spiro atoms. The Morgan fingerprint density at radius 3 is 2.62 bits per heavy atom. The Bertz CT molecular complexity index is 819. The summed E-state index contributed by atoms with van der Waals surface area (Å²) in [5.41, 5.74) is 0.935. The molecule has 0 unspecified atom stereocenters. The molecule has 26 heavy (non-hydrogen) atoms. The van der Waals surface area contributed by atoms with Gasteiger partial charge in [0.05, 0.1) is 19.9 Å². The molecule has 6 nitrogen and oxygen atoms in total. The van der Waals surface area contributed by atoms with Crippen molar-refractivity contribution in [3.63, 3.8) is 0 Å². The van der Waals surface area contributed by atoms with Crippen molar-refractivity contribution < 1.29 is 18.7 Å². The van der Waals surface area contributed by atoms with E-state index in [0.29, 0.717) is 30.3 Å². The number of nitrogens with zero attached hydrogens (tertiary/aromatic N) is 2. The molecule has 0 aliphatic carbocycles. The lowest BCUT2D eigenvalue weighted by atomic mass is 10.2. The Morgan fingerprint density at radius 2 is 1.92 bits per heavy atom. The molecule has 0 fully saturated rings. The third-order valence-corrected chi connectivity index (χ3v) is 3.80. The number of ether oxygens (including phenoxy) is 2. The van der Waals surface area contributed by atoms with Gasteiger partial charge in [0.15, 0.2) is 18.1 Å². The van der Waals surface area contributed by atoms with Gasteiger partial charge in [-0.25, -0.2) is 0 Å². The molecule has 3 aromatic rings. The Kier molecular flexibility index (Phi) is 5.88. The summed E-state index contributed by atoms with van der Waals surface area (Å²) in [6.07, 6.45) is 5.03. The maximum absolute atomic E-state index is 12.7. The van der Waals surface area contributed by atoms with Crippen molar-refractivity contribution in [1.29, 1.82) is 0 Å². The quantitative estimate of drug-likeness (QED) is 0.622. The standard InChI is InChI=1S/C20H20N2O4/c1-24-18-8-2-3-9-19(18)26-15-20(23)22(14-17-7-5-11-25-17)13-16-6-4-10-21-12-16/h2-12H,13-15H2,1H3. The number of furan rings is 1. The zero-order valence-corrected chi connectivity index (χ0v) is 14.5. The van der Waals surface area contributed by atoms with Crippen LogP contribution in [0.4, 0.5) is 0 Å². The average molecular weight is 352 g/mol. The topological polar surface area (TPSA) is 64.8 Å². The molecule has 0 radical (unpaired) electrons. The van der Waals surface area contributed by atoms with Crippen LogP contribution in [0.2, 0.25) is 0 Å². The molecule has 2 aromatic heterocycles. The smallest absolute Gasteiger partial charge is 0.261 e. The monoisotopic (exact) mass is 352 g/mol. The highest BCUT2D eigenvalue weighted by molar-refractivity contribution is 5.77. The van der Waals surface area contributed by atoms with Crippen molar-refractivity contribution in [2.45, 2.75) is 13.1 Å². The van der Waals surface area contributed by atoms with E-state index in [-0.39, 0.29) is 12.5 Å². The van der Waals surface area contributed by atoms with E-state index in [9.17, 15) is 4.79 Å². The van der Waals surface area contributed by atoms with Gasteiger partial charge in [0.2, 0.25) is 0 Å². The first-order valence-corrected chi connectivity index (χ1v) is 8.21. The predicted molar refractivity (Wildman–Crippen MR) is 95.7 cm³/mol. The molecule has 0 atom stereocenters. The van der Waals surface area contributed by atoms with Gasteiger partial charge >= 0.3 is 0 Å². The van der Waals surface area contributed by atoms with Crippen molar-refractivity contribution >= 4 is 5.91 Å². The Labute approximate surface area is 152 Å². The summed E-state index contributed by atoms with van der Waals surface area (Å²) in [6.45, 7) is 0.681. The molecule has 3 rings (SSSR count). The van der Waals surface area contributed by atoms with Crippen LogP contribution in [0.5, 0.6) is 11.5 Å². The summed E-state index contributed by atoms with van der Waals surface area (Å²) in [5, 5.41) is 0. The van der Waals surface area contributed by atoms with Crippen LogP contribution in [0.3, 0.4) is 0 Å². The van der Waals surface area contributed by atoms with Gasteiger partial charge in [0.1, 0.15) is 5.76 Å². The van der Waals surface area contributed by atoms with Crippen LogP contribution in [-0.2, 0) is 17.9 Å². The number of hydrogen-bond acceptors (Lipinski definition) is 5. The number of aromatic nitrogens is 1. The van der Waals surface area contributed by atoms with Crippen LogP contribution >= 0.6 is 0 Å². The second kappa shape index (κ2) is 8.71. The second-order valence-corrected chi connectivity index (χ2v) is 5.63. The van der Waals surface area contributed by atoms with E-state index >= 15 is 0 Å². The zero-order valence-electron chi connectivity index (χ0n) is 14.5. The van der Waals surface area contributed by atoms with E-state index in [2.05, 4.69) is 4.98 Å². The lowest BCUT2D eigenvalue weighted by molar-refractivity contribution is -0.134. The van der Waals surface area contributed by atoms with Crippen molar-refractivity contribution in [1.82, 2.24) is 9.88 Å². The van der Waals surface area contributed by atoms with Crippen molar-refractivity contribution in [3.05, 3.63) is 78.5 Å². The van der Waals surface area contributed by atoms with Crippen LogP contribution in [0.15, 0.2) is 71.6 Å². The second-order valence-electron chi connectivity index (χ2n) is 5.63. The number of amides is 1. The first kappa shape index (κ1) is 17.5. The highest BCUT2D eigenvalue weighted by Gasteiger charge is 2.17. The molecule has 0 saturated heterocycles. The number of carbonyl (C=O) groups excluding carboxylic acids is 1. The Hall–Kier alpha value is -3.28. The minimum atomic E-state index is -0.156. The fraction of sp³-hybridized carbons (Fsp3) is 0.200. The van der Waals surface area contributed by atoms with E-state index in [1.165, 1.54) is 0 Å². The summed E-state index contributed by atoms with van der Waals surface area (Å²) >= 11 is 0. The van der Waals surface area contributed by atoms with Crippen molar-refractivity contribution in [3.8, 4) is 11.5 Å². The molecule has 1 amide bonds. The number of carbonyl (C=O) groups is 1. The van der Waals surface area contributed by atoms with Gasteiger partial charge in [-0.15, -0.1) is 0 Å². The van der Waals surface area contributed by atoms with Crippen LogP contribution < -0.4 is 9.47 Å². The SMILES string of the molecule is COc1ccccc1OCC(=O)N(Cc1cccnc1)Cc1ccco1. The molecular formula is C20H20N2O4. The number of benzene rings is 1. The van der Waals surface area contributed by atoms with E-state index < -0.39 is 0 Å². The molecule has 1 aromatic carbocycles. The first-order valence-electron chi connectivity index (χ1n) is 8.21. The zero-order chi connectivity index (χ0) is 18.2. The molecule has 0 N–H and O–H groups in total. The van der Waals surface area contributed by atoms with Crippen LogP contribution in [0.1, 0.15) is 11.3 Å². The highest BCUT2D eigenvalue weighted by atomic mass is 16.5. The predicted octanol–water partition coefficient (Wildman–Crippen LogP) is 3.29. The summed E-state index contributed by atoms with van der Waals surface area (Å²) in [6, 6.07) is 14.6. The number of pyridine rings is 1. The lowest BCUT2D eigenvalue weighted by Crippen LogP contribution is -2.34. The number of methoxy groups -OCH3 is 1. The van der Waals surface area contributed by atoms with Gasteiger partial charge in [0.25, 0.3) is 5.91 Å². The van der Waals surface area contributed by atoms with Gasteiger partial charge in [-0.05, 0) is 35.9 Å². The molecule has 134 valence electrons. The first-order chi connectivity index (χ1) is 12.8. The van der Waals surface area contributed by atoms with Crippen LogP contribution in [-0.4, -0.2) is 29.5 Å². The van der Waals surface area contributed by atoms with Crippen molar-refractivity contribution in [2.24, 2.45) is 0 Å². The molecular weight excluding hydrogens is 332 g/mol. The summed E-state index contributed by atoms with van der Waals surface area (Å²) in [4.78, 5) is 18.5. The Morgan fingerprint density at radius 1 is 1.08 bits per heavy atom. The molecule has 0 aliphatic rings. The van der Waals surface area contributed by atoms with E-state index in [1.807, 2.05) is 30.3 Å². The molecule has 0 saturated carbocycles. The minimum absolute atomic E-state index is 0.0959. The largest absolute Gasteiger partial charge is 0.493 e. The number of hydrogen-bond donors (Lipinski definition) is 0. The number of rotatable bonds is 8. The summed E-state index contributed by atoms with van der Waals surface area (Å²) in [7, 11) is 1.57. The third kappa shape index (κ3) is 4.63. The fourth-order valence-corrected chi connectivity index (χ4v) is 2.50. The van der Waals surface area contributed by atoms with Crippen LogP contribution in [0.25, 0.3) is 0 Å². The van der Waals surface area contributed by atoms with Gasteiger partial charge < -0.3 is 18.8 Å². The normalized spacial score (nSPS) is 10.3. The maximum Gasteiger partial charge on any atom is 0.261 e. The van der Waals surface area contributed by atoms with Gasteiger partial charge in [-0.3, -0.25) is 9.78 Å². The van der Waals surface area contributed by atoms with E-state index in [1.54, 1.807) is 48.9 Å². The summed E-state index contributed by atoms with van der Waals surface area (Å²) in [5.74, 6) is 1.67. The third-order valence-electron chi connectivity index (χ3n) is 3.80. The molecule has 6 heteroatoms. The summed E-state index contributed by atoms with van der Waals surface area (Å²) < 4.78 is 16.3. The highest BCUT2D eigenvalue weighted by Crippen LogP contribution is 2.25. The average Bonchev–Trinajstić information content (AvgIpc) is 3.20. The fourth-order valence-electron chi connectivity index (χ4n) is 2.50. The molecule has 0 aliphatic heterocycles. The van der Waals surface area contributed by atoms with Crippen molar-refractivity contribution in [2.75, 3.05) is 13.7 Å². The lowest BCUT2D eigenvalue weighted by Gasteiger charge is -2.22. The van der Waals surface area contributed by atoms with Gasteiger partial charge in [0, 0.05) is 18.9 Å².